The van der Waals surface area contributed by atoms with Crippen LogP contribution >= 0.6 is 0 Å². The van der Waals surface area contributed by atoms with Crippen LogP contribution in [0, 0.1) is 5.92 Å². The number of amides is 2. The van der Waals surface area contributed by atoms with Crippen LogP contribution in [-0.4, -0.2) is 35.6 Å². The summed E-state index contributed by atoms with van der Waals surface area (Å²) in [5, 5.41) is 12.3. The van der Waals surface area contributed by atoms with Crippen molar-refractivity contribution in [3.63, 3.8) is 0 Å². The summed E-state index contributed by atoms with van der Waals surface area (Å²) in [4.78, 5) is 25.1. The average Bonchev–Trinajstić information content (AvgIpc) is 2.47. The van der Waals surface area contributed by atoms with Gasteiger partial charge in [0.15, 0.2) is 0 Å². The van der Waals surface area contributed by atoms with Crippen LogP contribution in [0.25, 0.3) is 0 Å². The number of nitrogens with two attached hydrogens (primary N) is 1. The molecule has 0 saturated carbocycles. The molecule has 0 aliphatic carbocycles. The minimum Gasteiger partial charge on any atom is -0.381 e. The number of rotatable bonds is 4. The van der Waals surface area contributed by atoms with Crippen LogP contribution in [0.15, 0.2) is 24.3 Å². The lowest BCUT2D eigenvalue weighted by Gasteiger charge is -2.32. The van der Waals surface area contributed by atoms with Gasteiger partial charge >= 0.3 is 0 Å². The van der Waals surface area contributed by atoms with Crippen molar-refractivity contribution in [3.8, 4) is 0 Å². The molecule has 22 heavy (non-hydrogen) atoms. The maximum atomic E-state index is 11.7. The van der Waals surface area contributed by atoms with Crippen molar-refractivity contribution in [3.05, 3.63) is 24.3 Å². The third kappa shape index (κ3) is 3.98. The predicted octanol–water partition coefficient (Wildman–Crippen LogP) is 1.10. The van der Waals surface area contributed by atoms with E-state index in [0.29, 0.717) is 5.69 Å². The van der Waals surface area contributed by atoms with Gasteiger partial charge in [0.05, 0.1) is 0 Å². The van der Waals surface area contributed by atoms with Crippen LogP contribution in [0.5, 0.6) is 0 Å². The number of anilines is 2. The molecule has 0 spiro atoms. The maximum Gasteiger partial charge on any atom is 0.255 e. The highest BCUT2D eigenvalue weighted by atomic mass is 16.3. The molecule has 1 aromatic carbocycles. The number of nitrogens with one attached hydrogen (secondary N) is 1. The highest BCUT2D eigenvalue weighted by Crippen LogP contribution is 2.24. The van der Waals surface area contributed by atoms with Crippen molar-refractivity contribution >= 4 is 23.2 Å². The minimum absolute atomic E-state index is 0.0263. The topological polar surface area (TPSA) is 95.7 Å². The fourth-order valence-electron chi connectivity index (χ4n) is 2.46. The van der Waals surface area contributed by atoms with Crippen LogP contribution in [0.3, 0.4) is 0 Å². The van der Waals surface area contributed by atoms with E-state index >= 15 is 0 Å². The van der Waals surface area contributed by atoms with Crippen molar-refractivity contribution < 1.29 is 14.7 Å². The number of piperidine rings is 1. The van der Waals surface area contributed by atoms with Crippen molar-refractivity contribution in [1.82, 2.24) is 0 Å². The van der Waals surface area contributed by atoms with Gasteiger partial charge in [0.2, 0.25) is 5.91 Å². The lowest BCUT2D eigenvalue weighted by molar-refractivity contribution is -0.130. The molecule has 2 amide bonds. The number of carbonyl (C=O) groups excluding carboxylic acids is 2. The van der Waals surface area contributed by atoms with Crippen molar-refractivity contribution in [2.45, 2.75) is 32.3 Å². The van der Waals surface area contributed by atoms with E-state index < -0.39 is 11.5 Å². The van der Waals surface area contributed by atoms with E-state index in [1.807, 2.05) is 12.1 Å². The predicted molar refractivity (Wildman–Crippen MR) is 85.5 cm³/mol. The zero-order valence-corrected chi connectivity index (χ0v) is 13.0. The molecular weight excluding hydrogens is 282 g/mol. The first-order valence-corrected chi connectivity index (χ1v) is 7.45. The lowest BCUT2D eigenvalue weighted by Crippen LogP contribution is -2.38. The molecular formula is C16H23N3O3. The lowest BCUT2D eigenvalue weighted by atomic mass is 9.96. The Labute approximate surface area is 130 Å². The Hall–Kier alpha value is -2.08. The molecule has 1 heterocycles. The Bertz CT molecular complexity index is 541. The van der Waals surface area contributed by atoms with E-state index in [9.17, 15) is 14.7 Å². The largest absolute Gasteiger partial charge is 0.381 e. The fraction of sp³-hybridized carbons (Fsp3) is 0.500. The van der Waals surface area contributed by atoms with E-state index in [1.54, 1.807) is 12.1 Å². The quantitative estimate of drug-likeness (QED) is 0.776. The minimum atomic E-state index is -1.41. The monoisotopic (exact) mass is 305 g/mol. The Morgan fingerprint density at radius 3 is 2.23 bits per heavy atom. The number of carbonyl (C=O) groups is 2. The molecule has 6 nitrogen and oxygen atoms in total. The van der Waals surface area contributed by atoms with Crippen LogP contribution in [-0.2, 0) is 9.59 Å². The number of hydrogen-bond donors (Lipinski definition) is 3. The molecule has 0 unspecified atom stereocenters. The van der Waals surface area contributed by atoms with Crippen molar-refractivity contribution in [2.24, 2.45) is 11.7 Å². The summed E-state index contributed by atoms with van der Waals surface area (Å²) in [6.07, 6.45) is 1.54. The molecule has 1 aliphatic rings. The van der Waals surface area contributed by atoms with Gasteiger partial charge in [0.25, 0.3) is 5.91 Å². The van der Waals surface area contributed by atoms with E-state index in [4.69, 9.17) is 5.73 Å². The van der Waals surface area contributed by atoms with Gasteiger partial charge in [-0.05, 0) is 51.0 Å². The first-order chi connectivity index (χ1) is 10.3. The highest BCUT2D eigenvalue weighted by molar-refractivity contribution is 5.96. The molecule has 1 aromatic rings. The van der Waals surface area contributed by atoms with Crippen LogP contribution in [0.4, 0.5) is 11.4 Å². The average molecular weight is 305 g/mol. The Balaban J connectivity index is 1.95. The van der Waals surface area contributed by atoms with Gasteiger partial charge in [0, 0.05) is 30.4 Å². The van der Waals surface area contributed by atoms with Gasteiger partial charge in [-0.15, -0.1) is 0 Å². The van der Waals surface area contributed by atoms with Crippen LogP contribution in [0.2, 0.25) is 0 Å². The van der Waals surface area contributed by atoms with Gasteiger partial charge in [0.1, 0.15) is 5.60 Å². The molecule has 2 rings (SSSR count). The zero-order chi connectivity index (χ0) is 16.3. The summed E-state index contributed by atoms with van der Waals surface area (Å²) in [6, 6.07) is 7.45. The van der Waals surface area contributed by atoms with Crippen LogP contribution < -0.4 is 16.0 Å². The maximum absolute atomic E-state index is 11.7. The number of primary amides is 1. The molecule has 1 saturated heterocycles. The summed E-state index contributed by atoms with van der Waals surface area (Å²) < 4.78 is 0. The second-order valence-electron chi connectivity index (χ2n) is 6.22. The Morgan fingerprint density at radius 2 is 1.77 bits per heavy atom. The normalized spacial score (nSPS) is 16.4. The highest BCUT2D eigenvalue weighted by Gasteiger charge is 2.24. The third-order valence-corrected chi connectivity index (χ3v) is 3.94. The Morgan fingerprint density at radius 1 is 1.23 bits per heavy atom. The standard InChI is InChI=1S/C16H23N3O3/c1-16(2,22)15(21)18-12-3-5-13(6-4-12)19-9-7-11(8-10-19)14(17)20/h3-6,11,22H,7-10H2,1-2H3,(H2,17,20)(H,18,21). The number of benzene rings is 1. The summed E-state index contributed by atoms with van der Waals surface area (Å²) in [5.41, 5.74) is 5.61. The molecule has 6 heteroatoms. The number of nitrogens with zero attached hydrogens (tertiary/aromatic N) is 1. The van der Waals surface area contributed by atoms with E-state index in [1.165, 1.54) is 13.8 Å². The van der Waals surface area contributed by atoms with Crippen molar-refractivity contribution in [2.75, 3.05) is 23.3 Å². The fourth-order valence-corrected chi connectivity index (χ4v) is 2.46. The van der Waals surface area contributed by atoms with Crippen molar-refractivity contribution in [1.29, 1.82) is 0 Å². The SMILES string of the molecule is CC(C)(O)C(=O)Nc1ccc(N2CCC(C(N)=O)CC2)cc1. The summed E-state index contributed by atoms with van der Waals surface area (Å²) in [6.45, 7) is 4.48. The van der Waals surface area contributed by atoms with Gasteiger partial charge in [-0.1, -0.05) is 0 Å². The number of aliphatic hydroxyl groups is 1. The van der Waals surface area contributed by atoms with E-state index in [0.717, 1.165) is 31.6 Å². The van der Waals surface area contributed by atoms with Gasteiger partial charge < -0.3 is 21.1 Å². The molecule has 0 aromatic heterocycles. The molecule has 0 radical (unpaired) electrons. The summed E-state index contributed by atoms with van der Waals surface area (Å²) in [5.74, 6) is -0.687. The third-order valence-electron chi connectivity index (χ3n) is 3.94. The smallest absolute Gasteiger partial charge is 0.255 e. The second-order valence-corrected chi connectivity index (χ2v) is 6.22. The zero-order valence-electron chi connectivity index (χ0n) is 13.0. The first kappa shape index (κ1) is 16.3. The van der Waals surface area contributed by atoms with E-state index in [-0.39, 0.29) is 11.8 Å². The number of hydrogen-bond acceptors (Lipinski definition) is 4. The second kappa shape index (κ2) is 6.36. The van der Waals surface area contributed by atoms with Gasteiger partial charge in [-0.25, -0.2) is 0 Å². The Kier molecular flexibility index (Phi) is 4.71. The summed E-state index contributed by atoms with van der Waals surface area (Å²) in [7, 11) is 0. The molecule has 0 bridgehead atoms. The van der Waals surface area contributed by atoms with Gasteiger partial charge in [-0.3, -0.25) is 9.59 Å². The van der Waals surface area contributed by atoms with Gasteiger partial charge in [-0.2, -0.15) is 0 Å². The van der Waals surface area contributed by atoms with Crippen LogP contribution in [0.1, 0.15) is 26.7 Å². The molecule has 1 aliphatic heterocycles. The molecule has 0 atom stereocenters. The van der Waals surface area contributed by atoms with E-state index in [2.05, 4.69) is 10.2 Å². The molecule has 1 fully saturated rings. The molecule has 120 valence electrons. The first-order valence-electron chi connectivity index (χ1n) is 7.45. The summed E-state index contributed by atoms with van der Waals surface area (Å²) >= 11 is 0. The molecule has 4 N–H and O–H groups in total.